The first kappa shape index (κ1) is 15.0. The molecule has 0 aliphatic rings. The van der Waals surface area contributed by atoms with Crippen LogP contribution in [0, 0.1) is 0 Å². The number of aryl methyl sites for hydroxylation is 2. The summed E-state index contributed by atoms with van der Waals surface area (Å²) in [6.07, 6.45) is 6.46. The van der Waals surface area contributed by atoms with Crippen LogP contribution in [0.3, 0.4) is 0 Å². The van der Waals surface area contributed by atoms with Crippen LogP contribution in [0.1, 0.15) is 56.2 Å². The molecule has 0 spiro atoms. The average molecular weight is 250 g/mol. The lowest BCUT2D eigenvalue weighted by Crippen LogP contribution is -1.97. The van der Waals surface area contributed by atoms with Gasteiger partial charge >= 0.3 is 0 Å². The zero-order valence-electron chi connectivity index (χ0n) is 12.0. The average Bonchev–Trinajstić information content (AvgIpc) is 2.37. The monoisotopic (exact) mass is 250 g/mol. The Hall–Kier alpha value is -1.02. The van der Waals surface area contributed by atoms with E-state index >= 15 is 0 Å². The summed E-state index contributed by atoms with van der Waals surface area (Å²) in [6, 6.07) is 4.17. The van der Waals surface area contributed by atoms with E-state index in [2.05, 4.69) is 26.0 Å². The standard InChI is InChI=1S/C16H26O2/c1-4-6-8-14-10-13(12-18-3)11-15(16(14)17)9-7-5-2/h10-11,17H,4-9,12H2,1-3H3. The third-order valence-electron chi connectivity index (χ3n) is 3.24. The fraction of sp³-hybridized carbons (Fsp3) is 0.625. The zero-order valence-corrected chi connectivity index (χ0v) is 12.0. The highest BCUT2D eigenvalue weighted by Crippen LogP contribution is 2.28. The molecule has 0 saturated carbocycles. The predicted octanol–water partition coefficient (Wildman–Crippen LogP) is 4.22. The lowest BCUT2D eigenvalue weighted by molar-refractivity contribution is 0.184. The van der Waals surface area contributed by atoms with Gasteiger partial charge in [-0.15, -0.1) is 0 Å². The minimum Gasteiger partial charge on any atom is -0.507 e. The van der Waals surface area contributed by atoms with E-state index in [0.29, 0.717) is 12.4 Å². The Morgan fingerprint density at radius 1 is 1.00 bits per heavy atom. The summed E-state index contributed by atoms with van der Waals surface area (Å²) >= 11 is 0. The summed E-state index contributed by atoms with van der Waals surface area (Å²) in [7, 11) is 1.71. The lowest BCUT2D eigenvalue weighted by Gasteiger charge is -2.12. The van der Waals surface area contributed by atoms with E-state index in [-0.39, 0.29) is 0 Å². The normalized spacial score (nSPS) is 10.8. The minimum absolute atomic E-state index is 0.511. The molecule has 0 unspecified atom stereocenters. The lowest BCUT2D eigenvalue weighted by atomic mass is 9.97. The Balaban J connectivity index is 2.95. The molecule has 1 aromatic carbocycles. The number of unbranched alkanes of at least 4 members (excludes halogenated alkanes) is 2. The van der Waals surface area contributed by atoms with Gasteiger partial charge in [-0.05, 0) is 54.5 Å². The fourth-order valence-electron chi connectivity index (χ4n) is 2.20. The van der Waals surface area contributed by atoms with Crippen molar-refractivity contribution in [2.75, 3.05) is 7.11 Å². The molecule has 0 aliphatic heterocycles. The molecule has 0 aliphatic carbocycles. The van der Waals surface area contributed by atoms with Gasteiger partial charge in [0.05, 0.1) is 6.61 Å². The number of hydrogen-bond donors (Lipinski definition) is 1. The highest BCUT2D eigenvalue weighted by Gasteiger charge is 2.09. The van der Waals surface area contributed by atoms with Crippen molar-refractivity contribution in [3.05, 3.63) is 28.8 Å². The Morgan fingerprint density at radius 3 is 1.89 bits per heavy atom. The van der Waals surface area contributed by atoms with Crippen molar-refractivity contribution in [1.82, 2.24) is 0 Å². The van der Waals surface area contributed by atoms with E-state index in [0.717, 1.165) is 49.7 Å². The van der Waals surface area contributed by atoms with E-state index in [1.165, 1.54) is 5.56 Å². The summed E-state index contributed by atoms with van der Waals surface area (Å²) in [5, 5.41) is 10.3. The summed E-state index contributed by atoms with van der Waals surface area (Å²) in [5.74, 6) is 0.511. The summed E-state index contributed by atoms with van der Waals surface area (Å²) in [6.45, 7) is 4.97. The van der Waals surface area contributed by atoms with Crippen molar-refractivity contribution in [3.63, 3.8) is 0 Å². The molecule has 1 rings (SSSR count). The molecule has 102 valence electrons. The maximum atomic E-state index is 10.3. The van der Waals surface area contributed by atoms with Crippen molar-refractivity contribution in [1.29, 1.82) is 0 Å². The van der Waals surface area contributed by atoms with Gasteiger partial charge in [-0.1, -0.05) is 26.7 Å². The fourth-order valence-corrected chi connectivity index (χ4v) is 2.20. The molecule has 0 bridgehead atoms. The van der Waals surface area contributed by atoms with Crippen molar-refractivity contribution >= 4 is 0 Å². The molecule has 0 aromatic heterocycles. The van der Waals surface area contributed by atoms with Gasteiger partial charge in [-0.25, -0.2) is 0 Å². The van der Waals surface area contributed by atoms with Crippen LogP contribution in [0.25, 0.3) is 0 Å². The van der Waals surface area contributed by atoms with Crippen molar-refractivity contribution in [3.8, 4) is 5.75 Å². The highest BCUT2D eigenvalue weighted by atomic mass is 16.5. The van der Waals surface area contributed by atoms with Crippen LogP contribution in [0.2, 0.25) is 0 Å². The maximum Gasteiger partial charge on any atom is 0.121 e. The molecular weight excluding hydrogens is 224 g/mol. The molecule has 2 nitrogen and oxygen atoms in total. The van der Waals surface area contributed by atoms with Crippen LogP contribution in [0.15, 0.2) is 12.1 Å². The van der Waals surface area contributed by atoms with E-state index < -0.39 is 0 Å². The number of benzene rings is 1. The number of methoxy groups -OCH3 is 1. The van der Waals surface area contributed by atoms with Gasteiger partial charge in [0.1, 0.15) is 5.75 Å². The predicted molar refractivity (Wildman–Crippen MR) is 76.0 cm³/mol. The smallest absolute Gasteiger partial charge is 0.121 e. The topological polar surface area (TPSA) is 29.5 Å². The molecule has 1 aromatic rings. The van der Waals surface area contributed by atoms with E-state index in [1.54, 1.807) is 7.11 Å². The number of rotatable bonds is 8. The van der Waals surface area contributed by atoms with E-state index in [9.17, 15) is 5.11 Å². The molecular formula is C16H26O2. The van der Waals surface area contributed by atoms with Crippen LogP contribution in [0.4, 0.5) is 0 Å². The van der Waals surface area contributed by atoms with Crippen LogP contribution in [-0.2, 0) is 24.2 Å². The minimum atomic E-state index is 0.511. The first-order valence-electron chi connectivity index (χ1n) is 7.05. The Labute approximate surface area is 111 Å². The largest absolute Gasteiger partial charge is 0.507 e. The summed E-state index contributed by atoms with van der Waals surface area (Å²) in [4.78, 5) is 0. The van der Waals surface area contributed by atoms with Crippen LogP contribution >= 0.6 is 0 Å². The number of hydrogen-bond acceptors (Lipinski definition) is 2. The van der Waals surface area contributed by atoms with Gasteiger partial charge in [0.25, 0.3) is 0 Å². The number of phenolic OH excluding ortho intramolecular Hbond substituents is 1. The molecule has 18 heavy (non-hydrogen) atoms. The van der Waals surface area contributed by atoms with Crippen molar-refractivity contribution in [2.45, 2.75) is 59.0 Å². The van der Waals surface area contributed by atoms with Gasteiger partial charge in [-0.3, -0.25) is 0 Å². The van der Waals surface area contributed by atoms with Gasteiger partial charge in [0, 0.05) is 7.11 Å². The second-order valence-corrected chi connectivity index (χ2v) is 4.90. The van der Waals surface area contributed by atoms with Crippen molar-refractivity contribution in [2.24, 2.45) is 0 Å². The Kier molecular flexibility index (Phi) is 6.81. The van der Waals surface area contributed by atoms with E-state index in [4.69, 9.17) is 4.74 Å². The maximum absolute atomic E-state index is 10.3. The molecule has 1 N–H and O–H groups in total. The van der Waals surface area contributed by atoms with Crippen molar-refractivity contribution < 1.29 is 9.84 Å². The second-order valence-electron chi connectivity index (χ2n) is 4.90. The number of ether oxygens (including phenoxy) is 1. The first-order chi connectivity index (χ1) is 8.72. The SMILES string of the molecule is CCCCc1cc(COC)cc(CCCC)c1O. The van der Waals surface area contributed by atoms with Gasteiger partial charge in [-0.2, -0.15) is 0 Å². The highest BCUT2D eigenvalue weighted by molar-refractivity contribution is 5.44. The summed E-state index contributed by atoms with van der Waals surface area (Å²) in [5.41, 5.74) is 3.34. The molecule has 0 radical (unpaired) electrons. The molecule has 2 heteroatoms. The Bertz CT molecular complexity index is 329. The summed E-state index contributed by atoms with van der Waals surface area (Å²) < 4.78 is 5.21. The van der Waals surface area contributed by atoms with E-state index in [1.807, 2.05) is 0 Å². The quantitative estimate of drug-likeness (QED) is 0.748. The molecule has 0 saturated heterocycles. The molecule has 0 atom stereocenters. The number of phenols is 1. The first-order valence-corrected chi connectivity index (χ1v) is 7.05. The third kappa shape index (κ3) is 4.34. The van der Waals surface area contributed by atoms with Crippen LogP contribution < -0.4 is 0 Å². The molecule has 0 amide bonds. The third-order valence-corrected chi connectivity index (χ3v) is 3.24. The van der Waals surface area contributed by atoms with Gasteiger partial charge < -0.3 is 9.84 Å². The molecule has 0 fully saturated rings. The van der Waals surface area contributed by atoms with Gasteiger partial charge in [0.15, 0.2) is 0 Å². The number of aromatic hydroxyl groups is 1. The zero-order chi connectivity index (χ0) is 13.4. The van der Waals surface area contributed by atoms with Crippen LogP contribution in [-0.4, -0.2) is 12.2 Å². The second kappa shape index (κ2) is 8.15. The molecule has 0 heterocycles. The van der Waals surface area contributed by atoms with Crippen LogP contribution in [0.5, 0.6) is 5.75 Å². The Morgan fingerprint density at radius 2 is 1.50 bits per heavy atom. The van der Waals surface area contributed by atoms with Gasteiger partial charge in [0.2, 0.25) is 0 Å².